The van der Waals surface area contributed by atoms with Gasteiger partial charge in [-0.2, -0.15) is 0 Å². The molecule has 0 fully saturated rings. The number of rotatable bonds is 5. The van der Waals surface area contributed by atoms with Crippen LogP contribution in [-0.4, -0.2) is 25.6 Å². The second-order valence-corrected chi connectivity index (χ2v) is 10.2. The lowest BCUT2D eigenvalue weighted by Crippen LogP contribution is -2.22. The third-order valence-electron chi connectivity index (χ3n) is 5.46. The van der Waals surface area contributed by atoms with E-state index < -0.39 is 5.97 Å². The van der Waals surface area contributed by atoms with E-state index in [0.29, 0.717) is 22.2 Å². The summed E-state index contributed by atoms with van der Waals surface area (Å²) in [6, 6.07) is 5.98. The van der Waals surface area contributed by atoms with E-state index in [0.717, 1.165) is 36.0 Å². The quantitative estimate of drug-likeness (QED) is 0.657. The number of hydrogen-bond acceptors (Lipinski definition) is 5. The van der Waals surface area contributed by atoms with Crippen LogP contribution in [-0.2, 0) is 27.8 Å². The first-order chi connectivity index (χ1) is 14.1. The summed E-state index contributed by atoms with van der Waals surface area (Å²) in [5.41, 5.74) is 3.64. The highest BCUT2D eigenvalue weighted by molar-refractivity contribution is 7.17. The molecule has 162 valence electrons. The maximum atomic E-state index is 12.7. The average Bonchev–Trinajstić information content (AvgIpc) is 3.02. The number of carbonyl (C=O) groups is 2. The fourth-order valence-electron chi connectivity index (χ4n) is 3.82. The number of ether oxygens (including phenoxy) is 2. The Hall–Kier alpha value is -2.34. The molecule has 0 saturated heterocycles. The molecule has 1 N–H and O–H groups in total. The lowest BCUT2D eigenvalue weighted by molar-refractivity contribution is -0.118. The summed E-state index contributed by atoms with van der Waals surface area (Å²) in [6.07, 6.45) is 2.80. The minimum Gasteiger partial charge on any atom is -0.483 e. The Kier molecular flexibility index (Phi) is 6.56. The second-order valence-electron chi connectivity index (χ2n) is 9.13. The molecule has 1 aromatic heterocycles. The zero-order chi connectivity index (χ0) is 22.1. The van der Waals surface area contributed by atoms with Gasteiger partial charge in [-0.1, -0.05) is 45.4 Å². The highest BCUT2D eigenvalue weighted by Gasteiger charge is 2.29. The minimum absolute atomic E-state index is 0.0978. The van der Waals surface area contributed by atoms with Crippen molar-refractivity contribution in [2.24, 2.45) is 5.92 Å². The van der Waals surface area contributed by atoms with Crippen molar-refractivity contribution in [1.82, 2.24) is 0 Å². The largest absolute Gasteiger partial charge is 0.483 e. The van der Waals surface area contributed by atoms with Crippen LogP contribution in [0.3, 0.4) is 0 Å². The van der Waals surface area contributed by atoms with Crippen molar-refractivity contribution in [1.29, 1.82) is 0 Å². The Balaban J connectivity index is 1.77. The number of hydrogen-bond donors (Lipinski definition) is 1. The van der Waals surface area contributed by atoms with E-state index in [1.807, 2.05) is 19.1 Å². The summed E-state index contributed by atoms with van der Waals surface area (Å²) in [5, 5.41) is 3.46. The summed E-state index contributed by atoms with van der Waals surface area (Å²) in [6.45, 7) is 10.5. The van der Waals surface area contributed by atoms with Crippen LogP contribution in [0.4, 0.5) is 5.00 Å². The number of aryl methyl sites for hydroxylation is 1. The van der Waals surface area contributed by atoms with Gasteiger partial charge in [0.2, 0.25) is 0 Å². The normalized spacial score (nSPS) is 16.0. The van der Waals surface area contributed by atoms with Gasteiger partial charge in [0, 0.05) is 4.88 Å². The van der Waals surface area contributed by atoms with E-state index in [1.165, 1.54) is 23.3 Å². The fraction of sp³-hybridized carbons (Fsp3) is 0.500. The van der Waals surface area contributed by atoms with E-state index in [-0.39, 0.29) is 17.9 Å². The van der Waals surface area contributed by atoms with E-state index >= 15 is 0 Å². The zero-order valence-electron chi connectivity index (χ0n) is 18.7. The van der Waals surface area contributed by atoms with Gasteiger partial charge in [0.05, 0.1) is 12.7 Å². The van der Waals surface area contributed by atoms with Gasteiger partial charge in [-0.25, -0.2) is 4.79 Å². The molecule has 0 aliphatic heterocycles. The molecule has 1 aromatic carbocycles. The molecule has 0 radical (unpaired) electrons. The lowest BCUT2D eigenvalue weighted by Gasteiger charge is -2.23. The summed E-state index contributed by atoms with van der Waals surface area (Å²) >= 11 is 1.48. The molecule has 2 aromatic rings. The molecule has 0 unspecified atom stereocenters. The van der Waals surface area contributed by atoms with Crippen LogP contribution in [0.15, 0.2) is 18.2 Å². The highest BCUT2D eigenvalue weighted by Crippen LogP contribution is 2.40. The van der Waals surface area contributed by atoms with Gasteiger partial charge < -0.3 is 14.8 Å². The molecule has 3 rings (SSSR count). The van der Waals surface area contributed by atoms with Crippen molar-refractivity contribution in [3.63, 3.8) is 0 Å². The number of nitrogens with one attached hydrogen (secondary N) is 1. The van der Waals surface area contributed by atoms with E-state index in [9.17, 15) is 9.59 Å². The number of amides is 1. The molecule has 0 spiro atoms. The van der Waals surface area contributed by atoms with Gasteiger partial charge in [-0.3, -0.25) is 4.79 Å². The van der Waals surface area contributed by atoms with E-state index in [2.05, 4.69) is 39.1 Å². The number of carbonyl (C=O) groups excluding carboxylic acids is 2. The third-order valence-corrected chi connectivity index (χ3v) is 6.63. The van der Waals surface area contributed by atoms with Gasteiger partial charge in [0.25, 0.3) is 5.91 Å². The van der Waals surface area contributed by atoms with Crippen molar-refractivity contribution < 1.29 is 19.1 Å². The Bertz CT molecular complexity index is 955. The van der Waals surface area contributed by atoms with E-state index in [4.69, 9.17) is 9.47 Å². The molecule has 5 nitrogen and oxygen atoms in total. The number of thiophene rings is 1. The maximum absolute atomic E-state index is 12.7. The topological polar surface area (TPSA) is 64.6 Å². The van der Waals surface area contributed by atoms with Crippen molar-refractivity contribution in [2.45, 2.75) is 59.3 Å². The average molecular weight is 430 g/mol. The first-order valence-electron chi connectivity index (χ1n) is 10.4. The van der Waals surface area contributed by atoms with Crippen molar-refractivity contribution >= 4 is 28.2 Å². The Morgan fingerprint density at radius 2 is 2.00 bits per heavy atom. The first-order valence-corrected chi connectivity index (χ1v) is 11.2. The summed E-state index contributed by atoms with van der Waals surface area (Å²) in [4.78, 5) is 26.2. The number of fused-ring (bicyclic) bond motifs is 1. The van der Waals surface area contributed by atoms with Crippen LogP contribution in [0.2, 0.25) is 0 Å². The van der Waals surface area contributed by atoms with Crippen molar-refractivity contribution in [2.75, 3.05) is 19.0 Å². The molecule has 6 heteroatoms. The first kappa shape index (κ1) is 22.3. The molecule has 0 saturated carbocycles. The molecule has 1 aliphatic carbocycles. The maximum Gasteiger partial charge on any atom is 0.341 e. The van der Waals surface area contributed by atoms with Crippen LogP contribution in [0.25, 0.3) is 0 Å². The van der Waals surface area contributed by atoms with Crippen molar-refractivity contribution in [3.8, 4) is 5.75 Å². The van der Waals surface area contributed by atoms with Crippen LogP contribution in [0.5, 0.6) is 5.75 Å². The molecular formula is C24H31NO4S. The molecule has 0 bridgehead atoms. The molecule has 1 heterocycles. The van der Waals surface area contributed by atoms with Gasteiger partial charge in [-0.15, -0.1) is 11.3 Å². The van der Waals surface area contributed by atoms with Gasteiger partial charge >= 0.3 is 5.97 Å². The number of methoxy groups -OCH3 is 1. The number of anilines is 1. The summed E-state index contributed by atoms with van der Waals surface area (Å²) in [7, 11) is 1.37. The lowest BCUT2D eigenvalue weighted by atomic mass is 9.85. The zero-order valence-corrected chi connectivity index (χ0v) is 19.5. The Labute approximate surface area is 182 Å². The highest BCUT2D eigenvalue weighted by atomic mass is 32.1. The predicted molar refractivity (Wildman–Crippen MR) is 121 cm³/mol. The van der Waals surface area contributed by atoms with Crippen LogP contribution in [0.1, 0.15) is 66.0 Å². The SMILES string of the molecule is COC(=O)c1c(NC(=O)COc2ccc(C)cc2C(C)(C)C)sc2c1CC[C@@H](C)C2. The van der Waals surface area contributed by atoms with Crippen molar-refractivity contribution in [3.05, 3.63) is 45.3 Å². The Morgan fingerprint density at radius 1 is 1.27 bits per heavy atom. The summed E-state index contributed by atoms with van der Waals surface area (Å²) < 4.78 is 10.9. The molecule has 30 heavy (non-hydrogen) atoms. The Morgan fingerprint density at radius 3 is 2.67 bits per heavy atom. The number of benzene rings is 1. The van der Waals surface area contributed by atoms with Gasteiger partial charge in [0.15, 0.2) is 6.61 Å². The number of esters is 1. The van der Waals surface area contributed by atoms with Gasteiger partial charge in [-0.05, 0) is 54.7 Å². The van der Waals surface area contributed by atoms with Crippen LogP contribution >= 0.6 is 11.3 Å². The van der Waals surface area contributed by atoms with Gasteiger partial charge in [0.1, 0.15) is 10.8 Å². The van der Waals surface area contributed by atoms with E-state index in [1.54, 1.807) is 0 Å². The fourth-order valence-corrected chi connectivity index (χ4v) is 5.23. The molecule has 1 amide bonds. The third kappa shape index (κ3) is 4.86. The standard InChI is InChI=1S/C24H31NO4S/c1-14-8-10-18(17(11-14)24(3,4)5)29-13-20(26)25-22-21(23(27)28-6)16-9-7-15(2)12-19(16)30-22/h8,10-11,15H,7,9,12-13H2,1-6H3,(H,25,26)/t15-/m1/s1. The monoisotopic (exact) mass is 429 g/mol. The molecular weight excluding hydrogens is 398 g/mol. The minimum atomic E-state index is -0.396. The van der Waals surface area contributed by atoms with Crippen LogP contribution < -0.4 is 10.1 Å². The predicted octanol–water partition coefficient (Wildman–Crippen LogP) is 5.28. The molecule has 1 atom stereocenters. The second kappa shape index (κ2) is 8.80. The smallest absolute Gasteiger partial charge is 0.341 e. The summed E-state index contributed by atoms with van der Waals surface area (Å²) in [5.74, 6) is 0.598. The molecule has 1 aliphatic rings. The van der Waals surface area contributed by atoms with Crippen LogP contribution in [0, 0.1) is 12.8 Å².